The molecule has 0 unspecified atom stereocenters. The van der Waals surface area contributed by atoms with E-state index >= 15 is 0 Å². The van der Waals surface area contributed by atoms with Gasteiger partial charge in [-0.05, 0) is 24.6 Å². The number of nitrogens with zero attached hydrogens (tertiary/aromatic N) is 2. The van der Waals surface area contributed by atoms with E-state index in [0.717, 1.165) is 0 Å². The molecule has 0 bridgehead atoms. The Morgan fingerprint density at radius 2 is 1.90 bits per heavy atom. The zero-order chi connectivity index (χ0) is 15.6. The van der Waals surface area contributed by atoms with Gasteiger partial charge in [0, 0.05) is 18.7 Å². The average molecular weight is 309 g/mol. The highest BCUT2D eigenvalue weighted by Crippen LogP contribution is 2.16. The first-order valence-electron chi connectivity index (χ1n) is 6.56. The van der Waals surface area contributed by atoms with Crippen LogP contribution in [0.15, 0.2) is 18.2 Å². The molecule has 5 nitrogen and oxygen atoms in total. The molecule has 1 aromatic rings. The minimum Gasteiger partial charge on any atom is -0.389 e. The summed E-state index contributed by atoms with van der Waals surface area (Å²) in [6.45, 7) is 2.60. The lowest BCUT2D eigenvalue weighted by atomic mass is 10.1. The monoisotopic (exact) mass is 309 g/mol. The Morgan fingerprint density at radius 3 is 2.52 bits per heavy atom. The highest BCUT2D eigenvalue weighted by atomic mass is 32.1. The van der Waals surface area contributed by atoms with Crippen molar-refractivity contribution in [2.24, 2.45) is 5.73 Å². The number of nitrogens with two attached hydrogens (primary N) is 1. The maximum absolute atomic E-state index is 13.3. The molecule has 2 amide bonds. The Bertz CT molecular complexity index is 606. The Morgan fingerprint density at radius 1 is 1.29 bits per heavy atom. The van der Waals surface area contributed by atoms with Crippen LogP contribution in [0.4, 0.5) is 4.39 Å². The summed E-state index contributed by atoms with van der Waals surface area (Å²) in [5.41, 5.74) is 6.61. The second kappa shape index (κ2) is 6.17. The predicted octanol–water partition coefficient (Wildman–Crippen LogP) is 0.651. The number of hydrogen-bond donors (Lipinski definition) is 1. The lowest BCUT2D eigenvalue weighted by Gasteiger charge is -2.33. The Balaban J connectivity index is 2.21. The number of thiocarbonyl (C=S) groups is 1. The van der Waals surface area contributed by atoms with Gasteiger partial charge in [0.1, 0.15) is 17.4 Å². The van der Waals surface area contributed by atoms with E-state index in [1.807, 2.05) is 6.92 Å². The largest absolute Gasteiger partial charge is 0.389 e. The summed E-state index contributed by atoms with van der Waals surface area (Å²) in [6, 6.07) is 4.06. The van der Waals surface area contributed by atoms with Crippen LogP contribution in [0, 0.1) is 5.82 Å². The number of rotatable bonds is 4. The smallest absolute Gasteiger partial charge is 0.242 e. The molecule has 1 heterocycles. The summed E-state index contributed by atoms with van der Waals surface area (Å²) in [5, 5.41) is 0. The molecule has 112 valence electrons. The summed E-state index contributed by atoms with van der Waals surface area (Å²) >= 11 is 4.90. The van der Waals surface area contributed by atoms with E-state index in [4.69, 9.17) is 18.0 Å². The third-order valence-electron chi connectivity index (χ3n) is 3.44. The van der Waals surface area contributed by atoms with Crippen LogP contribution in [0.5, 0.6) is 0 Å². The van der Waals surface area contributed by atoms with Crippen LogP contribution < -0.4 is 5.73 Å². The van der Waals surface area contributed by atoms with Crippen LogP contribution in [0.25, 0.3) is 0 Å². The summed E-state index contributed by atoms with van der Waals surface area (Å²) < 4.78 is 13.3. The van der Waals surface area contributed by atoms with E-state index in [-0.39, 0.29) is 36.4 Å². The van der Waals surface area contributed by atoms with Crippen molar-refractivity contribution in [3.8, 4) is 0 Å². The van der Waals surface area contributed by atoms with Crippen molar-refractivity contribution < 1.29 is 14.0 Å². The zero-order valence-corrected chi connectivity index (χ0v) is 12.5. The SMILES string of the molecule is CCN1CC(=O)N(Cc2ccc(F)cc2C(N)=S)CC1=O. The molecule has 0 radical (unpaired) electrons. The van der Waals surface area contributed by atoms with Gasteiger partial charge in [-0.1, -0.05) is 18.3 Å². The Kier molecular flexibility index (Phi) is 4.52. The lowest BCUT2D eigenvalue weighted by molar-refractivity contribution is -0.150. The summed E-state index contributed by atoms with van der Waals surface area (Å²) in [4.78, 5) is 26.9. The van der Waals surface area contributed by atoms with Crippen LogP contribution in [0.1, 0.15) is 18.1 Å². The first-order chi connectivity index (χ1) is 9.92. The normalized spacial score (nSPS) is 15.5. The molecule has 0 aromatic heterocycles. The number of amides is 2. The molecule has 1 saturated heterocycles. The number of piperazine rings is 1. The highest BCUT2D eigenvalue weighted by molar-refractivity contribution is 7.80. The van der Waals surface area contributed by atoms with Crippen molar-refractivity contribution in [3.05, 3.63) is 35.1 Å². The summed E-state index contributed by atoms with van der Waals surface area (Å²) in [5.74, 6) is -0.689. The highest BCUT2D eigenvalue weighted by Gasteiger charge is 2.29. The molecule has 0 saturated carbocycles. The second-order valence-electron chi connectivity index (χ2n) is 4.82. The average Bonchev–Trinajstić information content (AvgIpc) is 2.44. The Hall–Kier alpha value is -2.02. The molecule has 7 heteroatoms. The molecule has 0 spiro atoms. The van der Waals surface area contributed by atoms with Gasteiger partial charge in [0.05, 0.1) is 6.54 Å². The van der Waals surface area contributed by atoms with Crippen molar-refractivity contribution in [3.63, 3.8) is 0 Å². The van der Waals surface area contributed by atoms with Gasteiger partial charge < -0.3 is 15.5 Å². The van der Waals surface area contributed by atoms with Crippen LogP contribution in [0.2, 0.25) is 0 Å². The molecule has 1 aromatic carbocycles. The second-order valence-corrected chi connectivity index (χ2v) is 5.26. The number of hydrogen-bond acceptors (Lipinski definition) is 3. The van der Waals surface area contributed by atoms with E-state index < -0.39 is 5.82 Å². The van der Waals surface area contributed by atoms with Gasteiger partial charge in [-0.2, -0.15) is 0 Å². The predicted molar refractivity (Wildman–Crippen MR) is 80.0 cm³/mol. The molecular weight excluding hydrogens is 293 g/mol. The van der Waals surface area contributed by atoms with Crippen LogP contribution in [0.3, 0.4) is 0 Å². The molecule has 2 N–H and O–H groups in total. The number of carbonyl (C=O) groups excluding carboxylic acids is 2. The minimum atomic E-state index is -0.445. The van der Waals surface area contributed by atoms with E-state index in [1.165, 1.54) is 28.0 Å². The third kappa shape index (κ3) is 3.36. The van der Waals surface area contributed by atoms with Crippen molar-refractivity contribution in [2.75, 3.05) is 19.6 Å². The molecule has 21 heavy (non-hydrogen) atoms. The number of halogens is 1. The summed E-state index contributed by atoms with van der Waals surface area (Å²) in [7, 11) is 0. The number of likely N-dealkylation sites (N-methyl/N-ethyl adjacent to an activating group) is 1. The van der Waals surface area contributed by atoms with Crippen molar-refractivity contribution in [1.29, 1.82) is 0 Å². The molecule has 1 aliphatic rings. The van der Waals surface area contributed by atoms with Gasteiger partial charge in [-0.3, -0.25) is 9.59 Å². The first kappa shape index (κ1) is 15.4. The molecule has 0 atom stereocenters. The topological polar surface area (TPSA) is 66.6 Å². The van der Waals surface area contributed by atoms with Gasteiger partial charge in [0.15, 0.2) is 0 Å². The fourth-order valence-electron chi connectivity index (χ4n) is 2.26. The van der Waals surface area contributed by atoms with Gasteiger partial charge in [-0.15, -0.1) is 0 Å². The minimum absolute atomic E-state index is 0.0147. The lowest BCUT2D eigenvalue weighted by Crippen LogP contribution is -2.53. The number of carbonyl (C=O) groups is 2. The molecule has 2 rings (SSSR count). The van der Waals surface area contributed by atoms with Gasteiger partial charge >= 0.3 is 0 Å². The maximum Gasteiger partial charge on any atom is 0.242 e. The molecule has 1 fully saturated rings. The zero-order valence-electron chi connectivity index (χ0n) is 11.6. The van der Waals surface area contributed by atoms with Crippen LogP contribution in [-0.4, -0.2) is 46.2 Å². The third-order valence-corrected chi connectivity index (χ3v) is 3.66. The van der Waals surface area contributed by atoms with Crippen molar-refractivity contribution in [2.45, 2.75) is 13.5 Å². The van der Waals surface area contributed by atoms with Gasteiger partial charge in [0.25, 0.3) is 0 Å². The molecule has 0 aliphatic carbocycles. The standard InChI is InChI=1S/C14H16FN3O2S/c1-2-17-7-13(20)18(8-12(17)19)6-9-3-4-10(15)5-11(9)14(16)21/h3-5H,2,6-8H2,1H3,(H2,16,21). The van der Waals surface area contributed by atoms with Crippen molar-refractivity contribution >= 4 is 29.0 Å². The first-order valence-corrected chi connectivity index (χ1v) is 6.97. The van der Waals surface area contributed by atoms with Crippen LogP contribution >= 0.6 is 12.2 Å². The van der Waals surface area contributed by atoms with Crippen LogP contribution in [-0.2, 0) is 16.1 Å². The molecule has 1 aliphatic heterocycles. The maximum atomic E-state index is 13.3. The number of benzene rings is 1. The fourth-order valence-corrected chi connectivity index (χ4v) is 2.45. The van der Waals surface area contributed by atoms with E-state index in [1.54, 1.807) is 0 Å². The van der Waals surface area contributed by atoms with E-state index in [0.29, 0.717) is 17.7 Å². The molecular formula is C14H16FN3O2S. The van der Waals surface area contributed by atoms with Gasteiger partial charge in [-0.25, -0.2) is 4.39 Å². The Labute approximate surface area is 127 Å². The quantitative estimate of drug-likeness (QED) is 0.829. The van der Waals surface area contributed by atoms with Gasteiger partial charge in [0.2, 0.25) is 11.8 Å². The summed E-state index contributed by atoms with van der Waals surface area (Å²) in [6.07, 6.45) is 0. The van der Waals surface area contributed by atoms with E-state index in [9.17, 15) is 14.0 Å². The van der Waals surface area contributed by atoms with Crippen molar-refractivity contribution in [1.82, 2.24) is 9.80 Å². The fraction of sp³-hybridized carbons (Fsp3) is 0.357. The van der Waals surface area contributed by atoms with E-state index in [2.05, 4.69) is 0 Å².